The van der Waals surface area contributed by atoms with Crippen LogP contribution in [0.1, 0.15) is 43.3 Å². The van der Waals surface area contributed by atoms with E-state index in [2.05, 4.69) is 20.6 Å². The zero-order valence-electron chi connectivity index (χ0n) is 15.7. The fourth-order valence-electron chi connectivity index (χ4n) is 3.72. The number of nitrogens with one attached hydrogen (secondary N) is 1. The number of aryl methyl sites for hydroxylation is 1. The maximum Gasteiger partial charge on any atom is 0.247 e. The molecule has 0 radical (unpaired) electrons. The summed E-state index contributed by atoms with van der Waals surface area (Å²) in [6.07, 6.45) is 6.56. The minimum Gasteiger partial charge on any atom is -0.419 e. The van der Waals surface area contributed by atoms with Gasteiger partial charge in [0.05, 0.1) is 18.1 Å². The molecule has 142 valence electrons. The van der Waals surface area contributed by atoms with E-state index in [9.17, 15) is 0 Å². The van der Waals surface area contributed by atoms with Gasteiger partial charge in [0.25, 0.3) is 0 Å². The van der Waals surface area contributed by atoms with E-state index in [1.807, 2.05) is 37.4 Å². The van der Waals surface area contributed by atoms with Crippen LogP contribution < -0.4 is 5.32 Å². The molecule has 0 saturated heterocycles. The maximum atomic E-state index is 5.79. The molecule has 0 spiro atoms. The third-order valence-corrected chi connectivity index (χ3v) is 5.22. The quantitative estimate of drug-likeness (QED) is 0.568. The number of benzene rings is 1. The fourth-order valence-corrected chi connectivity index (χ4v) is 3.72. The number of hydrogen-bond donors (Lipinski definition) is 1. The lowest BCUT2D eigenvalue weighted by atomic mass is 10.1. The van der Waals surface area contributed by atoms with Crippen LogP contribution in [0, 0.1) is 0 Å². The van der Waals surface area contributed by atoms with Crippen LogP contribution in [0.2, 0.25) is 0 Å². The van der Waals surface area contributed by atoms with Crippen molar-refractivity contribution in [3.05, 3.63) is 48.2 Å². The van der Waals surface area contributed by atoms with Gasteiger partial charge in [-0.05, 0) is 25.0 Å². The smallest absolute Gasteiger partial charge is 0.247 e. The molecule has 4 aromatic rings. The lowest BCUT2D eigenvalue weighted by Crippen LogP contribution is -2.08. The van der Waals surface area contributed by atoms with Crippen LogP contribution in [0.3, 0.4) is 0 Å². The van der Waals surface area contributed by atoms with Gasteiger partial charge in [-0.1, -0.05) is 31.0 Å². The monoisotopic (exact) mass is 375 g/mol. The summed E-state index contributed by atoms with van der Waals surface area (Å²) in [5.41, 5.74) is 1.75. The fraction of sp³-hybridized carbons (Fsp3) is 0.350. The van der Waals surface area contributed by atoms with Crippen LogP contribution in [0.15, 0.2) is 40.9 Å². The van der Waals surface area contributed by atoms with Crippen molar-refractivity contribution in [1.82, 2.24) is 29.9 Å². The summed E-state index contributed by atoms with van der Waals surface area (Å²) in [5.74, 6) is 3.11. The highest BCUT2D eigenvalue weighted by Crippen LogP contribution is 2.34. The normalized spacial score (nSPS) is 14.8. The Morgan fingerprint density at radius 3 is 2.75 bits per heavy atom. The summed E-state index contributed by atoms with van der Waals surface area (Å²) < 4.78 is 7.58. The Morgan fingerprint density at radius 2 is 1.93 bits per heavy atom. The summed E-state index contributed by atoms with van der Waals surface area (Å²) in [6, 6.07) is 9.74. The molecule has 0 amide bonds. The van der Waals surface area contributed by atoms with Crippen molar-refractivity contribution >= 4 is 16.9 Å². The van der Waals surface area contributed by atoms with Gasteiger partial charge in [0, 0.05) is 18.5 Å². The van der Waals surface area contributed by atoms with E-state index in [0.29, 0.717) is 24.2 Å². The van der Waals surface area contributed by atoms with Crippen molar-refractivity contribution < 1.29 is 4.42 Å². The third kappa shape index (κ3) is 3.11. The van der Waals surface area contributed by atoms with Gasteiger partial charge in [-0.2, -0.15) is 5.10 Å². The molecule has 8 nitrogen and oxygen atoms in total. The minimum absolute atomic E-state index is 0.394. The molecule has 1 aliphatic rings. The van der Waals surface area contributed by atoms with Crippen LogP contribution in [0.25, 0.3) is 22.5 Å². The van der Waals surface area contributed by atoms with Gasteiger partial charge in [-0.3, -0.25) is 4.68 Å². The van der Waals surface area contributed by atoms with E-state index in [-0.39, 0.29) is 0 Å². The van der Waals surface area contributed by atoms with Crippen LogP contribution in [0.4, 0.5) is 5.82 Å². The van der Waals surface area contributed by atoms with Crippen molar-refractivity contribution in [3.63, 3.8) is 0 Å². The van der Waals surface area contributed by atoms with Crippen molar-refractivity contribution in [1.29, 1.82) is 0 Å². The van der Waals surface area contributed by atoms with Gasteiger partial charge >= 0.3 is 0 Å². The highest BCUT2D eigenvalue weighted by molar-refractivity contribution is 5.86. The van der Waals surface area contributed by atoms with Gasteiger partial charge in [0.2, 0.25) is 11.8 Å². The topological polar surface area (TPSA) is 94.6 Å². The van der Waals surface area contributed by atoms with E-state index in [4.69, 9.17) is 14.4 Å². The Morgan fingerprint density at radius 1 is 1.11 bits per heavy atom. The SMILES string of the molecule is Cn1ncc2c(NCc3nnc(-c4ccccc4)o3)nc(C3CCCC3)nc21. The molecule has 0 unspecified atom stereocenters. The molecule has 28 heavy (non-hydrogen) atoms. The Bertz CT molecular complexity index is 1100. The van der Waals surface area contributed by atoms with Crippen molar-refractivity contribution in [2.24, 2.45) is 7.05 Å². The molecule has 1 aliphatic carbocycles. The largest absolute Gasteiger partial charge is 0.419 e. The maximum absolute atomic E-state index is 5.79. The number of hydrogen-bond acceptors (Lipinski definition) is 7. The number of aromatic nitrogens is 6. The zero-order chi connectivity index (χ0) is 18.9. The van der Waals surface area contributed by atoms with E-state index in [0.717, 1.165) is 41.1 Å². The lowest BCUT2D eigenvalue weighted by molar-refractivity contribution is 0.514. The first-order chi connectivity index (χ1) is 13.8. The Kier molecular flexibility index (Phi) is 4.23. The second kappa shape index (κ2) is 7.03. The molecule has 0 atom stereocenters. The molecule has 1 fully saturated rings. The highest BCUT2D eigenvalue weighted by atomic mass is 16.4. The third-order valence-electron chi connectivity index (χ3n) is 5.22. The summed E-state index contributed by atoms with van der Waals surface area (Å²) in [4.78, 5) is 9.58. The van der Waals surface area contributed by atoms with Crippen molar-refractivity contribution in [2.45, 2.75) is 38.1 Å². The Hall–Kier alpha value is -3.29. The van der Waals surface area contributed by atoms with E-state index >= 15 is 0 Å². The Labute approximate surface area is 162 Å². The van der Waals surface area contributed by atoms with Gasteiger partial charge in [-0.15, -0.1) is 10.2 Å². The van der Waals surface area contributed by atoms with Crippen LogP contribution >= 0.6 is 0 Å². The van der Waals surface area contributed by atoms with Gasteiger partial charge < -0.3 is 9.73 Å². The molecule has 8 heteroatoms. The molecule has 1 aromatic carbocycles. The standard InChI is InChI=1S/C20H21N7O/c1-27-19-15(11-22-27)18(23-17(24-19)13-7-5-6-8-13)21-12-16-25-26-20(28-16)14-9-3-2-4-10-14/h2-4,9-11,13H,5-8,12H2,1H3,(H,21,23,24). The number of fused-ring (bicyclic) bond motifs is 1. The van der Waals surface area contributed by atoms with Crippen LogP contribution in [-0.2, 0) is 13.6 Å². The molecule has 5 rings (SSSR count). The second-order valence-corrected chi connectivity index (χ2v) is 7.14. The van der Waals surface area contributed by atoms with Crippen LogP contribution in [0.5, 0.6) is 0 Å². The van der Waals surface area contributed by atoms with E-state index < -0.39 is 0 Å². The molecular weight excluding hydrogens is 354 g/mol. The van der Waals surface area contributed by atoms with Gasteiger partial charge in [0.15, 0.2) is 5.65 Å². The first-order valence-electron chi connectivity index (χ1n) is 9.59. The Balaban J connectivity index is 1.41. The van der Waals surface area contributed by atoms with E-state index in [1.165, 1.54) is 12.8 Å². The molecule has 0 bridgehead atoms. The summed E-state index contributed by atoms with van der Waals surface area (Å²) in [7, 11) is 1.90. The first kappa shape index (κ1) is 16.9. The van der Waals surface area contributed by atoms with Gasteiger partial charge in [0.1, 0.15) is 11.6 Å². The number of anilines is 1. The molecule has 1 saturated carbocycles. The van der Waals surface area contributed by atoms with Gasteiger partial charge in [-0.25, -0.2) is 9.97 Å². The summed E-state index contributed by atoms with van der Waals surface area (Å²) >= 11 is 0. The molecule has 3 aromatic heterocycles. The lowest BCUT2D eigenvalue weighted by Gasteiger charge is -2.11. The second-order valence-electron chi connectivity index (χ2n) is 7.14. The average molecular weight is 375 g/mol. The average Bonchev–Trinajstić information content (AvgIpc) is 3.49. The predicted octanol–water partition coefficient (Wildman–Crippen LogP) is 3.68. The van der Waals surface area contributed by atoms with Crippen molar-refractivity contribution in [2.75, 3.05) is 5.32 Å². The highest BCUT2D eigenvalue weighted by Gasteiger charge is 2.22. The van der Waals surface area contributed by atoms with E-state index in [1.54, 1.807) is 10.9 Å². The van der Waals surface area contributed by atoms with Crippen molar-refractivity contribution in [3.8, 4) is 11.5 Å². The first-order valence-corrected chi connectivity index (χ1v) is 9.59. The molecule has 0 aliphatic heterocycles. The number of rotatable bonds is 5. The summed E-state index contributed by atoms with van der Waals surface area (Å²) in [5, 5.41) is 16.9. The predicted molar refractivity (Wildman–Crippen MR) is 105 cm³/mol. The summed E-state index contributed by atoms with van der Waals surface area (Å²) in [6.45, 7) is 0.394. The minimum atomic E-state index is 0.394. The zero-order valence-corrected chi connectivity index (χ0v) is 15.7. The molecular formula is C20H21N7O. The molecule has 1 N–H and O–H groups in total. The molecule has 3 heterocycles. The van der Waals surface area contributed by atoms with Crippen LogP contribution in [-0.4, -0.2) is 29.9 Å². The number of nitrogens with zero attached hydrogens (tertiary/aromatic N) is 6.